The van der Waals surface area contributed by atoms with E-state index >= 15 is 0 Å². The highest BCUT2D eigenvalue weighted by atomic mass is 35.5. The van der Waals surface area contributed by atoms with Crippen LogP contribution in [-0.4, -0.2) is 42.6 Å². The summed E-state index contributed by atoms with van der Waals surface area (Å²) in [5, 5.41) is 18.5. The van der Waals surface area contributed by atoms with Crippen molar-refractivity contribution < 1.29 is 14.2 Å². The molecule has 0 saturated heterocycles. The fourth-order valence-electron chi connectivity index (χ4n) is 4.12. The minimum atomic E-state index is -0.523. The van der Waals surface area contributed by atoms with Gasteiger partial charge in [0.15, 0.2) is 0 Å². The molecule has 0 saturated carbocycles. The molecule has 2 N–H and O–H groups in total. The number of fused-ring (bicyclic) bond motifs is 1. The zero-order valence-electron chi connectivity index (χ0n) is 17.8. The molecule has 2 aromatic heterocycles. The third-order valence-corrected chi connectivity index (χ3v) is 5.92. The zero-order valence-corrected chi connectivity index (χ0v) is 18.6. The molecule has 170 valence electrons. The van der Waals surface area contributed by atoms with E-state index in [0.717, 1.165) is 22.8 Å². The summed E-state index contributed by atoms with van der Waals surface area (Å²) in [5.41, 5.74) is 2.47. The molecule has 0 unspecified atom stereocenters. The van der Waals surface area contributed by atoms with E-state index in [4.69, 9.17) is 21.3 Å². The molecule has 4 aromatic rings. The van der Waals surface area contributed by atoms with Crippen molar-refractivity contribution in [3.63, 3.8) is 0 Å². The summed E-state index contributed by atoms with van der Waals surface area (Å²) >= 11 is 5.94. The summed E-state index contributed by atoms with van der Waals surface area (Å²) in [5.74, 6) is 1.39. The highest BCUT2D eigenvalue weighted by molar-refractivity contribution is 6.29. The van der Waals surface area contributed by atoms with E-state index in [1.54, 1.807) is 41.0 Å². The van der Waals surface area contributed by atoms with Gasteiger partial charge in [-0.25, -0.2) is 14.1 Å². The number of aromatic nitrogens is 5. The van der Waals surface area contributed by atoms with Gasteiger partial charge in [0.2, 0.25) is 5.95 Å². The van der Waals surface area contributed by atoms with Gasteiger partial charge in [-0.3, -0.25) is 0 Å². The van der Waals surface area contributed by atoms with Gasteiger partial charge >= 0.3 is 0 Å². The maximum atomic E-state index is 13.4. The van der Waals surface area contributed by atoms with Crippen LogP contribution in [0, 0.1) is 5.82 Å². The quantitative estimate of drug-likeness (QED) is 0.454. The third-order valence-electron chi connectivity index (χ3n) is 5.72. The Bertz CT molecular complexity index is 1270. The first-order valence-corrected chi connectivity index (χ1v) is 10.9. The summed E-state index contributed by atoms with van der Waals surface area (Å²) in [6.07, 6.45) is 4.10. The predicted molar refractivity (Wildman–Crippen MR) is 122 cm³/mol. The molecule has 33 heavy (non-hydrogen) atoms. The van der Waals surface area contributed by atoms with Gasteiger partial charge in [-0.15, -0.1) is 5.10 Å². The minimum absolute atomic E-state index is 0.0892. The van der Waals surface area contributed by atoms with Crippen molar-refractivity contribution in [1.82, 2.24) is 24.3 Å². The Balaban J connectivity index is 1.45. The largest absolute Gasteiger partial charge is 0.494 e. The first-order valence-electron chi connectivity index (χ1n) is 10.5. The number of halogens is 2. The molecule has 0 spiro atoms. The normalized spacial score (nSPS) is 17.9. The number of ether oxygens (including phenoxy) is 1. The molecular weight excluding hydrogens is 447 g/mol. The summed E-state index contributed by atoms with van der Waals surface area (Å²) in [4.78, 5) is 8.76. The number of hydrogen-bond donors (Lipinski definition) is 2. The zero-order chi connectivity index (χ0) is 22.9. The molecule has 0 aliphatic carbocycles. The van der Waals surface area contributed by atoms with Crippen molar-refractivity contribution >= 4 is 23.2 Å². The van der Waals surface area contributed by atoms with E-state index in [-0.39, 0.29) is 11.7 Å². The summed E-state index contributed by atoms with van der Waals surface area (Å²) in [7, 11) is 1.59. The number of imidazole rings is 1. The maximum absolute atomic E-state index is 13.4. The number of nitrogens with zero attached hydrogens (tertiary/aromatic N) is 5. The molecule has 3 heterocycles. The van der Waals surface area contributed by atoms with Crippen LogP contribution in [0.3, 0.4) is 0 Å². The topological polar surface area (TPSA) is 90.0 Å². The van der Waals surface area contributed by atoms with Gasteiger partial charge in [-0.05, 0) is 42.7 Å². The molecular formula is C23H22ClFN6O2. The second kappa shape index (κ2) is 8.84. The Kier molecular flexibility index (Phi) is 5.74. The van der Waals surface area contributed by atoms with E-state index in [1.807, 2.05) is 18.2 Å². The van der Waals surface area contributed by atoms with Crippen LogP contribution in [0.5, 0.6) is 5.75 Å². The Labute approximate surface area is 194 Å². The third kappa shape index (κ3) is 4.42. The fraction of sp³-hybridized carbons (Fsp3) is 0.261. The molecule has 2 atom stereocenters. The van der Waals surface area contributed by atoms with E-state index in [9.17, 15) is 9.50 Å². The lowest BCUT2D eigenvalue weighted by Gasteiger charge is -2.14. The Morgan fingerprint density at radius 2 is 2.00 bits per heavy atom. The van der Waals surface area contributed by atoms with Gasteiger partial charge in [-0.2, -0.15) is 4.98 Å². The van der Waals surface area contributed by atoms with E-state index in [2.05, 4.69) is 15.4 Å². The van der Waals surface area contributed by atoms with Crippen molar-refractivity contribution in [2.24, 2.45) is 0 Å². The molecule has 0 radical (unpaired) electrons. The first-order chi connectivity index (χ1) is 16.0. The lowest BCUT2D eigenvalue weighted by atomic mass is 9.93. The Hall–Kier alpha value is -3.43. The molecule has 0 amide bonds. The predicted octanol–water partition coefficient (Wildman–Crippen LogP) is 4.30. The van der Waals surface area contributed by atoms with Crippen LogP contribution in [-0.2, 0) is 6.54 Å². The van der Waals surface area contributed by atoms with Crippen molar-refractivity contribution in [1.29, 1.82) is 0 Å². The minimum Gasteiger partial charge on any atom is -0.494 e. The van der Waals surface area contributed by atoms with Crippen LogP contribution in [0.1, 0.15) is 30.1 Å². The van der Waals surface area contributed by atoms with Gasteiger partial charge in [0.05, 0.1) is 25.4 Å². The van der Waals surface area contributed by atoms with Gasteiger partial charge in [0.25, 0.3) is 0 Å². The van der Waals surface area contributed by atoms with Crippen molar-refractivity contribution in [3.8, 4) is 11.4 Å². The van der Waals surface area contributed by atoms with Crippen molar-refractivity contribution in [2.75, 3.05) is 12.4 Å². The number of nitrogens with one attached hydrogen (secondary N) is 1. The monoisotopic (exact) mass is 468 g/mol. The Morgan fingerprint density at radius 1 is 1.18 bits per heavy atom. The average molecular weight is 469 g/mol. The van der Waals surface area contributed by atoms with Gasteiger partial charge in [-0.1, -0.05) is 23.7 Å². The SMILES string of the molecule is COc1cc(Nc2nc3n(n2)C[C@H](O)CC[C@@H]3c2ccc(F)cc2)ccc1-n1cnc(Cl)c1. The van der Waals surface area contributed by atoms with Crippen LogP contribution in [0.4, 0.5) is 16.0 Å². The summed E-state index contributed by atoms with van der Waals surface area (Å²) < 4.78 is 22.5. The second-order valence-electron chi connectivity index (χ2n) is 7.93. The van der Waals surface area contributed by atoms with Gasteiger partial charge in [0, 0.05) is 23.9 Å². The van der Waals surface area contributed by atoms with E-state index < -0.39 is 6.10 Å². The number of anilines is 2. The highest BCUT2D eigenvalue weighted by Crippen LogP contribution is 2.33. The highest BCUT2D eigenvalue weighted by Gasteiger charge is 2.27. The number of methoxy groups -OCH3 is 1. The van der Waals surface area contributed by atoms with Crippen LogP contribution < -0.4 is 10.1 Å². The smallest absolute Gasteiger partial charge is 0.246 e. The van der Waals surface area contributed by atoms with Crippen LogP contribution in [0.2, 0.25) is 5.15 Å². The molecule has 1 aliphatic heterocycles. The van der Waals surface area contributed by atoms with Crippen molar-refractivity contribution in [2.45, 2.75) is 31.4 Å². The molecule has 0 fully saturated rings. The number of rotatable bonds is 5. The molecule has 2 aromatic carbocycles. The van der Waals surface area contributed by atoms with Crippen LogP contribution in [0.15, 0.2) is 55.0 Å². The molecule has 0 bridgehead atoms. The second-order valence-corrected chi connectivity index (χ2v) is 8.31. The average Bonchev–Trinajstić information content (AvgIpc) is 3.37. The van der Waals surface area contributed by atoms with Gasteiger partial charge < -0.3 is 19.7 Å². The molecule has 1 aliphatic rings. The summed E-state index contributed by atoms with van der Waals surface area (Å²) in [6.45, 7) is 0.353. The number of hydrogen-bond acceptors (Lipinski definition) is 6. The van der Waals surface area contributed by atoms with Gasteiger partial charge in [0.1, 0.15) is 28.9 Å². The number of aliphatic hydroxyl groups is 1. The van der Waals surface area contributed by atoms with E-state index in [1.165, 1.54) is 12.1 Å². The van der Waals surface area contributed by atoms with Crippen molar-refractivity contribution in [3.05, 3.63) is 77.3 Å². The first kappa shape index (κ1) is 21.4. The summed E-state index contributed by atoms with van der Waals surface area (Å²) in [6, 6.07) is 12.0. The molecule has 10 heteroatoms. The Morgan fingerprint density at radius 3 is 2.73 bits per heavy atom. The van der Waals surface area contributed by atoms with E-state index in [0.29, 0.717) is 36.2 Å². The van der Waals surface area contributed by atoms with Crippen LogP contribution in [0.25, 0.3) is 5.69 Å². The lowest BCUT2D eigenvalue weighted by molar-refractivity contribution is 0.143. The lowest BCUT2D eigenvalue weighted by Crippen LogP contribution is -2.15. The maximum Gasteiger partial charge on any atom is 0.246 e. The van der Waals surface area contributed by atoms with Crippen LogP contribution >= 0.6 is 11.6 Å². The molecule has 8 nitrogen and oxygen atoms in total. The fourth-order valence-corrected chi connectivity index (χ4v) is 4.27. The number of benzene rings is 2. The molecule has 5 rings (SSSR count). The number of aliphatic hydroxyl groups excluding tert-OH is 1. The standard InChI is InChI=1S/C23H22ClFN6O2/c1-33-20-10-16(6-9-19(20)30-12-21(24)26-13-30)27-23-28-22-18(14-2-4-15(25)5-3-14)8-7-17(32)11-31(22)29-23/h2-6,9-10,12-13,17-18,32H,7-8,11H2,1H3,(H,27,29)/t17-,18-/m1/s1.